The molecule has 4 radical (unpaired) electrons. The van der Waals surface area contributed by atoms with Crippen molar-refractivity contribution in [3.05, 3.63) is 106 Å². The van der Waals surface area contributed by atoms with E-state index in [1.54, 1.807) is 0 Å². The fourth-order valence-corrected chi connectivity index (χ4v) is 5.37. The van der Waals surface area contributed by atoms with Gasteiger partial charge in [0.15, 0.2) is 0 Å². The third kappa shape index (κ3) is 11.2. The van der Waals surface area contributed by atoms with E-state index in [4.69, 9.17) is 4.99 Å². The number of aliphatic imine (C=N–C) groups is 1. The maximum Gasteiger partial charge on any atom is -0.0398 e. The van der Waals surface area contributed by atoms with Crippen LogP contribution in [0.4, 0.5) is 11.4 Å². The number of nitrogens with zero attached hydrogens (tertiary/aromatic N) is 2. The number of hydrogen-bond donors (Lipinski definition) is 0. The maximum atomic E-state index is 5.15. The van der Waals surface area contributed by atoms with E-state index < -0.39 is 0 Å². The average molecular weight is 679 g/mol. The topological polar surface area (TPSA) is 47.1 Å². The smallest absolute Gasteiger partial charge is 0.0398 e. The van der Waals surface area contributed by atoms with Crippen molar-refractivity contribution in [3.63, 3.8) is 0 Å². The van der Waals surface area contributed by atoms with Crippen molar-refractivity contribution in [1.29, 1.82) is 0 Å². The van der Waals surface area contributed by atoms with Gasteiger partial charge in [-0.25, -0.2) is 0 Å². The third-order valence-electron chi connectivity index (χ3n) is 6.91. The summed E-state index contributed by atoms with van der Waals surface area (Å²) < 4.78 is 2.35. The first-order valence-electron chi connectivity index (χ1n) is 14.4. The predicted octanol–water partition coefficient (Wildman–Crippen LogP) is 9.56. The van der Waals surface area contributed by atoms with Crippen LogP contribution in [0, 0.1) is 6.92 Å². The minimum atomic E-state index is 0. The predicted molar refractivity (Wildman–Crippen MR) is 185 cm³/mol. The minimum absolute atomic E-state index is 0. The van der Waals surface area contributed by atoms with E-state index in [1.807, 2.05) is 18.2 Å². The number of para-hydroxylation sites is 2. The van der Waals surface area contributed by atoms with Gasteiger partial charge in [0.1, 0.15) is 0 Å². The van der Waals surface area contributed by atoms with Crippen molar-refractivity contribution in [3.8, 4) is 0 Å². The van der Waals surface area contributed by atoms with Gasteiger partial charge in [-0.15, -0.1) is 0 Å². The molecule has 5 heteroatoms. The molecule has 0 fully saturated rings. The van der Waals surface area contributed by atoms with Gasteiger partial charge < -0.3 is 22.5 Å². The van der Waals surface area contributed by atoms with Gasteiger partial charge >= 0.3 is 206 Å². The molecule has 0 bridgehead atoms. The van der Waals surface area contributed by atoms with E-state index in [-0.39, 0.29) is 22.5 Å². The largest absolute Gasteiger partial charge is 1.00 e. The standard InChI is InChI=1S/C29H41GeN2.C7H8.H2O.Se/c1-18(2)24-13-11-14-25(19(3)4)28(24)31-22(9)17-23(10)32(30)29-26(20(5)6)15-12-16-27(29)21(7)8;1-7-5-3-2-4-6-7;;/h11-21H,1-10H3;2-6H,1H3;1H2;/q;;;-1/b23-17-,31-22?;;;. The monoisotopic (exact) mass is 681 g/mol. The van der Waals surface area contributed by atoms with Gasteiger partial charge in [0.25, 0.3) is 0 Å². The number of anilines is 1. The molecule has 0 atom stereocenters. The van der Waals surface area contributed by atoms with Gasteiger partial charge in [-0.05, 0) is 6.92 Å². The van der Waals surface area contributed by atoms with Crippen molar-refractivity contribution < 1.29 is 5.48 Å². The number of benzene rings is 3. The Bertz CT molecular complexity index is 1210. The van der Waals surface area contributed by atoms with Crippen molar-refractivity contribution in [1.82, 2.24) is 0 Å². The Morgan fingerprint density at radius 1 is 0.659 bits per heavy atom. The Hall–Kier alpha value is -2.11. The van der Waals surface area contributed by atoms with Crippen LogP contribution in [0.5, 0.6) is 0 Å². The molecule has 41 heavy (non-hydrogen) atoms. The molecule has 0 heterocycles. The van der Waals surface area contributed by atoms with Crippen LogP contribution in [0.2, 0.25) is 0 Å². The van der Waals surface area contributed by atoms with Crippen molar-refractivity contribution >= 4 is 50.9 Å². The normalized spacial score (nSPS) is 11.7. The van der Waals surface area contributed by atoms with E-state index in [1.165, 1.54) is 39.2 Å². The molecular weight excluding hydrogens is 628 g/mol. The number of hydrogen-bond acceptors (Lipinski definition) is 2. The second-order valence-corrected chi connectivity index (χ2v) is 12.7. The molecule has 0 aliphatic carbocycles. The minimum Gasteiger partial charge on any atom is -1.00 e. The van der Waals surface area contributed by atoms with Crippen LogP contribution < -0.4 is 3.86 Å². The SMILES string of the molecule is CC(/C=C(/C)[N]([Ge])c1c(C(C)C)cccc1C(C)C)=Nc1c(C(C)C)cccc1C(C)C.Cc1ccccc1.O.[Se-]. The Kier molecular flexibility index (Phi) is 17.5. The van der Waals surface area contributed by atoms with Gasteiger partial charge in [0.05, 0.1) is 0 Å². The molecule has 3 aromatic carbocycles. The molecule has 0 aliphatic rings. The summed E-state index contributed by atoms with van der Waals surface area (Å²) in [6.45, 7) is 24.5. The van der Waals surface area contributed by atoms with Gasteiger partial charge in [-0.1, -0.05) is 35.9 Å². The van der Waals surface area contributed by atoms with Gasteiger partial charge in [0, 0.05) is 0 Å². The van der Waals surface area contributed by atoms with E-state index >= 15 is 0 Å². The molecule has 0 saturated carbocycles. The molecule has 3 nitrogen and oxygen atoms in total. The zero-order valence-electron chi connectivity index (χ0n) is 27.0. The third-order valence-corrected chi connectivity index (χ3v) is 8.12. The molecule has 222 valence electrons. The zero-order valence-corrected chi connectivity index (χ0v) is 30.9. The molecule has 3 aromatic rings. The second kappa shape index (κ2) is 18.4. The van der Waals surface area contributed by atoms with Crippen LogP contribution in [0.15, 0.2) is 83.5 Å². The molecule has 3 rings (SSSR count). The van der Waals surface area contributed by atoms with E-state index in [0.717, 1.165) is 11.4 Å². The van der Waals surface area contributed by atoms with Crippen molar-refractivity contribution in [2.75, 3.05) is 3.86 Å². The van der Waals surface area contributed by atoms with E-state index in [2.05, 4.69) is 151 Å². The fourth-order valence-electron chi connectivity index (χ4n) is 4.70. The first-order chi connectivity index (χ1) is 18.3. The summed E-state index contributed by atoms with van der Waals surface area (Å²) in [6.07, 6.45) is 2.22. The number of aryl methyl sites for hydroxylation is 1. The Balaban J connectivity index is 0.00000155. The number of rotatable bonds is 8. The zero-order chi connectivity index (χ0) is 29.3. The van der Waals surface area contributed by atoms with Crippen LogP contribution >= 0.6 is 0 Å². The van der Waals surface area contributed by atoms with E-state index in [9.17, 15) is 0 Å². The molecule has 0 unspecified atom stereocenters. The molecule has 0 spiro atoms. The second-order valence-electron chi connectivity index (χ2n) is 11.7. The fraction of sp³-hybridized carbons (Fsp3) is 0.417. The Labute approximate surface area is 270 Å². The summed E-state index contributed by atoms with van der Waals surface area (Å²) in [5, 5.41) is 0. The Morgan fingerprint density at radius 3 is 1.39 bits per heavy atom. The summed E-state index contributed by atoms with van der Waals surface area (Å²) >= 11 is 2.19. The molecular formula is C36H51GeN2OSe-. The molecule has 0 saturated heterocycles. The summed E-state index contributed by atoms with van der Waals surface area (Å²) in [4.78, 5) is 5.15. The summed E-state index contributed by atoms with van der Waals surface area (Å²) in [7, 11) is 0. The Morgan fingerprint density at radius 2 is 1.05 bits per heavy atom. The average Bonchev–Trinajstić information content (AvgIpc) is 2.88. The van der Waals surface area contributed by atoms with Crippen molar-refractivity contribution in [2.24, 2.45) is 4.99 Å². The van der Waals surface area contributed by atoms with Gasteiger partial charge in [-0.2, -0.15) is 0 Å². The maximum absolute atomic E-state index is 5.15. The first-order valence-corrected chi connectivity index (χ1v) is 15.3. The van der Waals surface area contributed by atoms with Crippen LogP contribution in [-0.4, -0.2) is 45.0 Å². The molecule has 2 N–H and O–H groups in total. The van der Waals surface area contributed by atoms with Gasteiger partial charge in [-0.3, -0.25) is 0 Å². The van der Waals surface area contributed by atoms with Crippen LogP contribution in [0.25, 0.3) is 0 Å². The van der Waals surface area contributed by atoms with Crippen LogP contribution in [-0.2, 0) is 0 Å². The van der Waals surface area contributed by atoms with E-state index in [0.29, 0.717) is 23.7 Å². The van der Waals surface area contributed by atoms with Gasteiger partial charge in [0.2, 0.25) is 0 Å². The summed E-state index contributed by atoms with van der Waals surface area (Å²) in [6, 6.07) is 23.6. The summed E-state index contributed by atoms with van der Waals surface area (Å²) in [5.74, 6) is 1.83. The van der Waals surface area contributed by atoms with Crippen molar-refractivity contribution in [2.45, 2.75) is 99.8 Å². The molecule has 0 aromatic heterocycles. The van der Waals surface area contributed by atoms with Crippen LogP contribution in [0.3, 0.4) is 0 Å². The molecule has 0 aliphatic heterocycles. The van der Waals surface area contributed by atoms with Crippen LogP contribution in [0.1, 0.15) is 121 Å². The first kappa shape index (κ1) is 38.9. The summed E-state index contributed by atoms with van der Waals surface area (Å²) in [5.41, 5.74) is 11.5. The molecule has 0 amide bonds. The number of allylic oxidation sites excluding steroid dienone is 2. The quantitative estimate of drug-likeness (QED) is 0.173.